The number of nitrogens with zero attached hydrogens (tertiary/aromatic N) is 3. The van der Waals surface area contributed by atoms with E-state index < -0.39 is 0 Å². The molecule has 0 radical (unpaired) electrons. The Morgan fingerprint density at radius 2 is 2.45 bits per heavy atom. The van der Waals surface area contributed by atoms with Gasteiger partial charge in [0, 0.05) is 31.3 Å². The minimum atomic E-state index is -0.0747. The number of rotatable bonds is 3. The first-order valence-electron chi connectivity index (χ1n) is 6.66. The number of urea groups is 1. The van der Waals surface area contributed by atoms with E-state index in [1.807, 2.05) is 19.9 Å². The molecule has 0 saturated carbocycles. The summed E-state index contributed by atoms with van der Waals surface area (Å²) in [5, 5.41) is 11.7. The first-order chi connectivity index (χ1) is 9.58. The van der Waals surface area contributed by atoms with Gasteiger partial charge >= 0.3 is 6.03 Å². The van der Waals surface area contributed by atoms with E-state index in [4.69, 9.17) is 10.00 Å². The molecule has 20 heavy (non-hydrogen) atoms. The first kappa shape index (κ1) is 14.1. The van der Waals surface area contributed by atoms with Gasteiger partial charge in [0.2, 0.25) is 5.88 Å². The number of nitrogens with one attached hydrogen (secondary N) is 1. The molecule has 2 heterocycles. The van der Waals surface area contributed by atoms with Gasteiger partial charge in [0.25, 0.3) is 0 Å². The van der Waals surface area contributed by atoms with Crippen molar-refractivity contribution in [1.29, 1.82) is 5.26 Å². The zero-order chi connectivity index (χ0) is 14.5. The van der Waals surface area contributed by atoms with Gasteiger partial charge in [0.1, 0.15) is 6.10 Å². The number of carbonyl (C=O) groups excluding carboxylic acids is 1. The lowest BCUT2D eigenvalue weighted by Gasteiger charge is -2.19. The second-order valence-electron chi connectivity index (χ2n) is 5.07. The fourth-order valence-corrected chi connectivity index (χ4v) is 2.06. The van der Waals surface area contributed by atoms with Crippen LogP contribution in [0, 0.1) is 11.3 Å². The lowest BCUT2D eigenvalue weighted by molar-refractivity contribution is 0.181. The predicted molar refractivity (Wildman–Crippen MR) is 73.2 cm³/mol. The highest BCUT2D eigenvalue weighted by molar-refractivity contribution is 5.74. The molecule has 6 nitrogen and oxygen atoms in total. The third-order valence-electron chi connectivity index (χ3n) is 3.00. The zero-order valence-electron chi connectivity index (χ0n) is 11.7. The van der Waals surface area contributed by atoms with Crippen molar-refractivity contribution in [3.8, 4) is 11.9 Å². The van der Waals surface area contributed by atoms with Crippen LogP contribution in [-0.4, -0.2) is 41.2 Å². The van der Waals surface area contributed by atoms with E-state index in [0.717, 1.165) is 6.42 Å². The number of hydrogen-bond acceptors (Lipinski definition) is 4. The highest BCUT2D eigenvalue weighted by Crippen LogP contribution is 2.17. The van der Waals surface area contributed by atoms with Crippen LogP contribution in [0.1, 0.15) is 25.8 Å². The summed E-state index contributed by atoms with van der Waals surface area (Å²) in [6.07, 6.45) is 2.24. The van der Waals surface area contributed by atoms with Gasteiger partial charge < -0.3 is 15.0 Å². The molecule has 1 N–H and O–H groups in total. The topological polar surface area (TPSA) is 78.3 Å². The third kappa shape index (κ3) is 3.60. The minimum Gasteiger partial charge on any atom is -0.472 e. The lowest BCUT2D eigenvalue weighted by Crippen LogP contribution is -2.42. The van der Waals surface area contributed by atoms with E-state index in [1.165, 1.54) is 0 Å². The molecule has 1 aliphatic heterocycles. The third-order valence-corrected chi connectivity index (χ3v) is 3.00. The molecule has 1 aliphatic rings. The lowest BCUT2D eigenvalue weighted by atomic mass is 10.3. The van der Waals surface area contributed by atoms with E-state index >= 15 is 0 Å². The summed E-state index contributed by atoms with van der Waals surface area (Å²) in [6, 6.07) is 5.34. The molecule has 0 aromatic carbocycles. The number of hydrogen-bond donors (Lipinski definition) is 1. The van der Waals surface area contributed by atoms with Gasteiger partial charge in [-0.3, -0.25) is 0 Å². The normalized spacial score (nSPS) is 17.9. The first-order valence-corrected chi connectivity index (χ1v) is 6.66. The Balaban J connectivity index is 1.90. The van der Waals surface area contributed by atoms with Gasteiger partial charge in [-0.2, -0.15) is 5.26 Å². The van der Waals surface area contributed by atoms with Crippen molar-refractivity contribution in [2.75, 3.05) is 13.1 Å². The van der Waals surface area contributed by atoms with Crippen LogP contribution in [0.2, 0.25) is 0 Å². The molecule has 1 unspecified atom stereocenters. The van der Waals surface area contributed by atoms with Gasteiger partial charge in [0.15, 0.2) is 0 Å². The van der Waals surface area contributed by atoms with Crippen LogP contribution in [0.25, 0.3) is 0 Å². The van der Waals surface area contributed by atoms with Crippen LogP contribution in [0.4, 0.5) is 4.79 Å². The number of likely N-dealkylation sites (tertiary alicyclic amines) is 1. The fourth-order valence-electron chi connectivity index (χ4n) is 2.06. The molecule has 1 saturated heterocycles. The Hall–Kier alpha value is -2.29. The van der Waals surface area contributed by atoms with Crippen molar-refractivity contribution in [1.82, 2.24) is 15.2 Å². The van der Waals surface area contributed by atoms with Crippen molar-refractivity contribution in [3.05, 3.63) is 23.9 Å². The smallest absolute Gasteiger partial charge is 0.317 e. The Kier molecular flexibility index (Phi) is 4.41. The van der Waals surface area contributed by atoms with Gasteiger partial charge in [0.05, 0.1) is 18.2 Å². The van der Waals surface area contributed by atoms with Crippen LogP contribution < -0.4 is 10.1 Å². The standard InChI is InChI=1S/C14H18N4O2/c1-10(2)17-14(19)18-6-4-12(9-18)20-13-7-11(8-15)3-5-16-13/h3,5,7,10,12H,4,6,9H2,1-2H3,(H,17,19). The summed E-state index contributed by atoms with van der Waals surface area (Å²) < 4.78 is 5.72. The number of amides is 2. The summed E-state index contributed by atoms with van der Waals surface area (Å²) in [4.78, 5) is 17.7. The van der Waals surface area contributed by atoms with Gasteiger partial charge in [-0.05, 0) is 19.9 Å². The van der Waals surface area contributed by atoms with E-state index in [-0.39, 0.29) is 18.2 Å². The SMILES string of the molecule is CC(C)NC(=O)N1CCC(Oc2cc(C#N)ccn2)C1. The Morgan fingerprint density at radius 1 is 1.65 bits per heavy atom. The van der Waals surface area contributed by atoms with E-state index in [1.54, 1.807) is 23.2 Å². The molecule has 6 heteroatoms. The van der Waals surface area contributed by atoms with Crippen molar-refractivity contribution in [3.63, 3.8) is 0 Å². The molecule has 1 aromatic heterocycles. The number of pyridine rings is 1. The molecule has 0 bridgehead atoms. The summed E-state index contributed by atoms with van der Waals surface area (Å²) in [5.74, 6) is 0.431. The maximum atomic E-state index is 11.9. The maximum Gasteiger partial charge on any atom is 0.317 e. The largest absolute Gasteiger partial charge is 0.472 e. The van der Waals surface area contributed by atoms with Crippen molar-refractivity contribution < 1.29 is 9.53 Å². The summed E-state index contributed by atoms with van der Waals surface area (Å²) in [5.41, 5.74) is 0.516. The Morgan fingerprint density at radius 3 is 3.15 bits per heavy atom. The molecule has 1 atom stereocenters. The molecule has 1 fully saturated rings. The quantitative estimate of drug-likeness (QED) is 0.906. The molecular weight excluding hydrogens is 256 g/mol. The highest BCUT2D eigenvalue weighted by atomic mass is 16.5. The van der Waals surface area contributed by atoms with Crippen LogP contribution in [0.15, 0.2) is 18.3 Å². The van der Waals surface area contributed by atoms with Crippen LogP contribution in [0.5, 0.6) is 5.88 Å². The van der Waals surface area contributed by atoms with Crippen molar-refractivity contribution >= 4 is 6.03 Å². The maximum absolute atomic E-state index is 11.9. The van der Waals surface area contributed by atoms with E-state index in [0.29, 0.717) is 24.5 Å². The average Bonchev–Trinajstić information content (AvgIpc) is 2.87. The zero-order valence-corrected chi connectivity index (χ0v) is 11.7. The van der Waals surface area contributed by atoms with Gasteiger partial charge in [-0.25, -0.2) is 9.78 Å². The average molecular weight is 274 g/mol. The van der Waals surface area contributed by atoms with E-state index in [9.17, 15) is 4.79 Å². The van der Waals surface area contributed by atoms with Crippen molar-refractivity contribution in [2.45, 2.75) is 32.4 Å². The van der Waals surface area contributed by atoms with Crippen molar-refractivity contribution in [2.24, 2.45) is 0 Å². The number of carbonyl (C=O) groups is 1. The number of nitriles is 1. The Bertz CT molecular complexity index is 524. The monoisotopic (exact) mass is 274 g/mol. The van der Waals surface area contributed by atoms with Crippen LogP contribution in [0.3, 0.4) is 0 Å². The van der Waals surface area contributed by atoms with Gasteiger partial charge in [-0.1, -0.05) is 0 Å². The van der Waals surface area contributed by atoms with E-state index in [2.05, 4.69) is 10.3 Å². The molecule has 106 valence electrons. The molecule has 0 spiro atoms. The summed E-state index contributed by atoms with van der Waals surface area (Å²) in [7, 11) is 0. The second kappa shape index (κ2) is 6.24. The highest BCUT2D eigenvalue weighted by Gasteiger charge is 2.28. The Labute approximate surface area is 118 Å². The van der Waals surface area contributed by atoms with Crippen LogP contribution >= 0.6 is 0 Å². The molecule has 2 amide bonds. The second-order valence-corrected chi connectivity index (χ2v) is 5.07. The summed E-state index contributed by atoms with van der Waals surface area (Å²) in [6.45, 7) is 5.07. The minimum absolute atomic E-state index is 0.0650. The van der Waals surface area contributed by atoms with Gasteiger partial charge in [-0.15, -0.1) is 0 Å². The molecule has 1 aromatic rings. The number of ether oxygens (including phenoxy) is 1. The number of aromatic nitrogens is 1. The fraction of sp³-hybridized carbons (Fsp3) is 0.500. The molecular formula is C14H18N4O2. The molecule has 2 rings (SSSR count). The molecule has 0 aliphatic carbocycles. The van der Waals surface area contributed by atoms with Crippen LogP contribution in [-0.2, 0) is 0 Å². The summed E-state index contributed by atoms with van der Waals surface area (Å²) >= 11 is 0. The predicted octanol–water partition coefficient (Wildman–Crippen LogP) is 1.52.